The Balaban J connectivity index is 2.17. The lowest BCUT2D eigenvalue weighted by molar-refractivity contribution is -0.118. The molecule has 21 heavy (non-hydrogen) atoms. The molecule has 1 fully saturated rings. The average molecular weight is 354 g/mol. The van der Waals surface area contributed by atoms with Crippen LogP contribution in [-0.2, 0) is 4.79 Å². The van der Waals surface area contributed by atoms with Crippen molar-refractivity contribution in [3.05, 3.63) is 28.2 Å². The fraction of sp³-hybridized carbons (Fsp3) is 0.467. The van der Waals surface area contributed by atoms with E-state index in [0.717, 1.165) is 0 Å². The Bertz CT molecular complexity index is 609. The minimum atomic E-state index is -0.0133. The minimum Gasteiger partial charge on any atom is -0.409 e. The van der Waals surface area contributed by atoms with Gasteiger partial charge in [-0.05, 0) is 45.0 Å². The summed E-state index contributed by atoms with van der Waals surface area (Å²) in [6.07, 6.45) is 0. The molecule has 5 nitrogen and oxygen atoms in total. The first-order valence-electron chi connectivity index (χ1n) is 6.71. The third-order valence-electron chi connectivity index (χ3n) is 4.91. The van der Waals surface area contributed by atoms with Gasteiger partial charge < -0.3 is 16.3 Å². The van der Waals surface area contributed by atoms with Crippen LogP contribution in [0.1, 0.15) is 33.3 Å². The molecule has 6 heteroatoms. The van der Waals surface area contributed by atoms with Crippen molar-refractivity contribution in [1.82, 2.24) is 0 Å². The number of amidine groups is 1. The Morgan fingerprint density at radius 3 is 2.33 bits per heavy atom. The average Bonchev–Trinajstić information content (AvgIpc) is 2.81. The van der Waals surface area contributed by atoms with Gasteiger partial charge in [0.05, 0.1) is 5.69 Å². The predicted molar refractivity (Wildman–Crippen MR) is 86.3 cm³/mol. The van der Waals surface area contributed by atoms with Gasteiger partial charge in [0, 0.05) is 16.0 Å². The van der Waals surface area contributed by atoms with Crippen LogP contribution in [0.25, 0.3) is 0 Å². The van der Waals surface area contributed by atoms with Gasteiger partial charge in [-0.25, -0.2) is 0 Å². The summed E-state index contributed by atoms with van der Waals surface area (Å²) in [5.74, 6) is 0.0286. The highest BCUT2D eigenvalue weighted by Gasteiger charge is 2.68. The number of hydrogen-bond donors (Lipinski definition) is 3. The van der Waals surface area contributed by atoms with E-state index in [1.807, 2.05) is 0 Å². The maximum Gasteiger partial charge on any atom is 0.228 e. The lowest BCUT2D eigenvalue weighted by Gasteiger charge is -2.10. The number of nitrogens with one attached hydrogen (secondary N) is 1. The first kappa shape index (κ1) is 15.8. The van der Waals surface area contributed by atoms with Crippen molar-refractivity contribution >= 4 is 33.4 Å². The molecule has 1 amide bonds. The molecule has 0 heterocycles. The molecule has 114 valence electrons. The zero-order chi connectivity index (χ0) is 16.0. The molecular weight excluding hydrogens is 334 g/mol. The molecule has 1 aliphatic rings. The Labute approximate surface area is 132 Å². The Morgan fingerprint density at radius 1 is 1.33 bits per heavy atom. The second-order valence-corrected chi connectivity index (χ2v) is 7.40. The molecule has 1 aliphatic carbocycles. The van der Waals surface area contributed by atoms with E-state index < -0.39 is 0 Å². The molecule has 2 rings (SSSR count). The minimum absolute atomic E-state index is 0.00251. The van der Waals surface area contributed by atoms with E-state index in [1.165, 1.54) is 0 Å². The van der Waals surface area contributed by atoms with Gasteiger partial charge in [0.25, 0.3) is 0 Å². The normalized spacial score (nSPS) is 20.1. The third kappa shape index (κ3) is 2.52. The van der Waals surface area contributed by atoms with Crippen molar-refractivity contribution in [3.8, 4) is 0 Å². The van der Waals surface area contributed by atoms with Gasteiger partial charge in [0.15, 0.2) is 5.84 Å². The number of anilines is 1. The van der Waals surface area contributed by atoms with Crippen LogP contribution in [0.15, 0.2) is 27.8 Å². The van der Waals surface area contributed by atoms with E-state index in [0.29, 0.717) is 15.7 Å². The highest BCUT2D eigenvalue weighted by Crippen LogP contribution is 2.68. The lowest BCUT2D eigenvalue weighted by Crippen LogP contribution is -2.18. The molecule has 0 atom stereocenters. The van der Waals surface area contributed by atoms with Crippen LogP contribution >= 0.6 is 15.9 Å². The fourth-order valence-electron chi connectivity index (χ4n) is 2.89. The SMILES string of the molecule is CC1(C)C(C(=O)Nc2ccc(/C(N)=N/O)cc2Br)C1(C)C. The number of rotatable bonds is 3. The van der Waals surface area contributed by atoms with Crippen LogP contribution in [0.5, 0.6) is 0 Å². The smallest absolute Gasteiger partial charge is 0.228 e. The number of amides is 1. The first-order valence-corrected chi connectivity index (χ1v) is 7.50. The van der Waals surface area contributed by atoms with Crippen LogP contribution in [0.3, 0.4) is 0 Å². The molecule has 1 aromatic carbocycles. The van der Waals surface area contributed by atoms with Gasteiger partial charge in [0.1, 0.15) is 0 Å². The molecule has 0 bridgehead atoms. The van der Waals surface area contributed by atoms with Gasteiger partial charge in [-0.3, -0.25) is 4.79 Å². The van der Waals surface area contributed by atoms with E-state index in [-0.39, 0.29) is 28.5 Å². The Morgan fingerprint density at radius 2 is 1.90 bits per heavy atom. The molecule has 0 aliphatic heterocycles. The van der Waals surface area contributed by atoms with Gasteiger partial charge in [0.2, 0.25) is 5.91 Å². The summed E-state index contributed by atoms with van der Waals surface area (Å²) in [5.41, 5.74) is 6.78. The second kappa shape index (κ2) is 5.02. The van der Waals surface area contributed by atoms with E-state index in [1.54, 1.807) is 18.2 Å². The number of oxime groups is 1. The number of halogens is 1. The van der Waals surface area contributed by atoms with E-state index in [9.17, 15) is 4.79 Å². The van der Waals surface area contributed by atoms with Crippen LogP contribution in [0.2, 0.25) is 0 Å². The van der Waals surface area contributed by atoms with Crippen LogP contribution in [0, 0.1) is 16.7 Å². The predicted octanol–water partition coefficient (Wildman–Crippen LogP) is 3.16. The van der Waals surface area contributed by atoms with Crippen molar-refractivity contribution in [2.45, 2.75) is 27.7 Å². The Hall–Kier alpha value is -1.56. The number of benzene rings is 1. The summed E-state index contributed by atoms with van der Waals surface area (Å²) in [7, 11) is 0. The number of nitrogens with zero attached hydrogens (tertiary/aromatic N) is 1. The molecule has 0 unspecified atom stereocenters. The van der Waals surface area contributed by atoms with Crippen molar-refractivity contribution < 1.29 is 10.0 Å². The van der Waals surface area contributed by atoms with E-state index >= 15 is 0 Å². The third-order valence-corrected chi connectivity index (χ3v) is 5.57. The standard InChI is InChI=1S/C15H20BrN3O2/c1-14(2)11(15(14,3)4)13(20)18-10-6-5-8(7-9(10)16)12(17)19-21/h5-7,11,21H,1-4H3,(H2,17,19)(H,18,20). The molecule has 0 saturated heterocycles. The van der Waals surface area contributed by atoms with Crippen LogP contribution < -0.4 is 11.1 Å². The molecule has 0 aromatic heterocycles. The van der Waals surface area contributed by atoms with Crippen molar-refractivity contribution in [1.29, 1.82) is 0 Å². The van der Waals surface area contributed by atoms with Crippen molar-refractivity contribution in [2.75, 3.05) is 5.32 Å². The molecule has 1 aromatic rings. The zero-order valence-electron chi connectivity index (χ0n) is 12.6. The van der Waals surface area contributed by atoms with Crippen molar-refractivity contribution in [2.24, 2.45) is 27.6 Å². The van der Waals surface area contributed by atoms with Gasteiger partial charge in [-0.2, -0.15) is 0 Å². The Kier molecular flexibility index (Phi) is 3.78. The van der Waals surface area contributed by atoms with Crippen LogP contribution in [-0.4, -0.2) is 17.0 Å². The van der Waals surface area contributed by atoms with E-state index in [2.05, 4.69) is 54.1 Å². The van der Waals surface area contributed by atoms with Crippen molar-refractivity contribution in [3.63, 3.8) is 0 Å². The zero-order valence-corrected chi connectivity index (χ0v) is 14.2. The van der Waals surface area contributed by atoms with Gasteiger partial charge in [-0.15, -0.1) is 0 Å². The first-order chi connectivity index (χ1) is 9.62. The molecule has 1 saturated carbocycles. The quantitative estimate of drug-likeness (QED) is 0.337. The number of nitrogens with two attached hydrogens (primary N) is 1. The molecule has 0 radical (unpaired) electrons. The molecule has 4 N–H and O–H groups in total. The maximum atomic E-state index is 12.4. The van der Waals surface area contributed by atoms with Crippen LogP contribution in [0.4, 0.5) is 5.69 Å². The number of hydrogen-bond acceptors (Lipinski definition) is 3. The number of carbonyl (C=O) groups is 1. The largest absolute Gasteiger partial charge is 0.409 e. The molecule has 0 spiro atoms. The summed E-state index contributed by atoms with van der Waals surface area (Å²) in [4.78, 5) is 12.4. The van der Waals surface area contributed by atoms with Gasteiger partial charge in [-0.1, -0.05) is 32.9 Å². The fourth-order valence-corrected chi connectivity index (χ4v) is 3.37. The monoisotopic (exact) mass is 353 g/mol. The summed E-state index contributed by atoms with van der Waals surface area (Å²) in [6, 6.07) is 5.13. The summed E-state index contributed by atoms with van der Waals surface area (Å²) < 4.78 is 0.691. The lowest BCUT2D eigenvalue weighted by atomic mass is 10.0. The summed E-state index contributed by atoms with van der Waals surface area (Å²) >= 11 is 3.39. The molecular formula is C15H20BrN3O2. The van der Waals surface area contributed by atoms with E-state index in [4.69, 9.17) is 10.9 Å². The number of carbonyl (C=O) groups excluding carboxylic acids is 1. The second-order valence-electron chi connectivity index (χ2n) is 6.55. The topological polar surface area (TPSA) is 87.7 Å². The maximum absolute atomic E-state index is 12.4. The van der Waals surface area contributed by atoms with Gasteiger partial charge >= 0.3 is 0 Å². The highest BCUT2D eigenvalue weighted by molar-refractivity contribution is 9.10. The summed E-state index contributed by atoms with van der Waals surface area (Å²) in [5, 5.41) is 14.6. The summed E-state index contributed by atoms with van der Waals surface area (Å²) in [6.45, 7) is 8.42. The highest BCUT2D eigenvalue weighted by atomic mass is 79.9.